The number of nitrogens with zero attached hydrogens (tertiary/aromatic N) is 2. The van der Waals surface area contributed by atoms with Gasteiger partial charge in [0.05, 0.1) is 5.69 Å². The monoisotopic (exact) mass is 272 g/mol. The van der Waals surface area contributed by atoms with Crippen LogP contribution >= 0.6 is 0 Å². The number of hydrogen-bond donors (Lipinski definition) is 1. The molecule has 0 spiro atoms. The molecule has 0 saturated heterocycles. The molecule has 0 aromatic carbocycles. The molecule has 0 aliphatic heterocycles. The van der Waals surface area contributed by atoms with Crippen molar-refractivity contribution in [2.75, 3.05) is 0 Å². The molecule has 6 heteroatoms. The number of aromatic carboxylic acids is 1. The van der Waals surface area contributed by atoms with E-state index in [-0.39, 0.29) is 12.4 Å². The number of ether oxygens (including phenoxy) is 1. The Balaban J connectivity index is 1.81. The Bertz CT molecular complexity index is 772. The van der Waals surface area contributed by atoms with E-state index in [0.717, 1.165) is 11.3 Å². The molecule has 0 radical (unpaired) electrons. The van der Waals surface area contributed by atoms with Gasteiger partial charge >= 0.3 is 5.97 Å². The van der Waals surface area contributed by atoms with Gasteiger partial charge in [-0.3, -0.25) is 0 Å². The van der Waals surface area contributed by atoms with Crippen molar-refractivity contribution >= 4 is 11.6 Å². The van der Waals surface area contributed by atoms with Crippen molar-refractivity contribution in [1.82, 2.24) is 9.38 Å². The van der Waals surface area contributed by atoms with E-state index in [0.29, 0.717) is 11.5 Å². The van der Waals surface area contributed by atoms with E-state index in [1.54, 1.807) is 6.07 Å². The van der Waals surface area contributed by atoms with Gasteiger partial charge in [-0.25, -0.2) is 9.78 Å². The fourth-order valence-electron chi connectivity index (χ4n) is 1.94. The topological polar surface area (TPSA) is 77.0 Å². The van der Waals surface area contributed by atoms with E-state index < -0.39 is 5.97 Å². The van der Waals surface area contributed by atoms with Gasteiger partial charge in [0.25, 0.3) is 0 Å². The number of carbonyl (C=O) groups is 1. The molecule has 6 nitrogen and oxygen atoms in total. The Morgan fingerprint density at radius 1 is 1.45 bits per heavy atom. The maximum Gasteiger partial charge on any atom is 0.371 e. The Morgan fingerprint density at radius 3 is 3.05 bits per heavy atom. The van der Waals surface area contributed by atoms with Crippen molar-refractivity contribution in [2.45, 2.75) is 13.5 Å². The second kappa shape index (κ2) is 4.73. The second-order valence-electron chi connectivity index (χ2n) is 4.35. The van der Waals surface area contributed by atoms with E-state index in [4.69, 9.17) is 14.3 Å². The Morgan fingerprint density at radius 2 is 2.30 bits per heavy atom. The maximum atomic E-state index is 10.7. The van der Waals surface area contributed by atoms with E-state index in [1.165, 1.54) is 6.07 Å². The first-order valence-electron chi connectivity index (χ1n) is 6.02. The van der Waals surface area contributed by atoms with Gasteiger partial charge in [-0.15, -0.1) is 0 Å². The Kier molecular flexibility index (Phi) is 2.90. The number of aromatic nitrogens is 2. The molecule has 0 aliphatic rings. The molecule has 3 rings (SSSR count). The van der Waals surface area contributed by atoms with Crippen molar-refractivity contribution in [3.63, 3.8) is 0 Å². The van der Waals surface area contributed by atoms with Crippen LogP contribution in [-0.4, -0.2) is 20.5 Å². The summed E-state index contributed by atoms with van der Waals surface area (Å²) in [6.07, 6.45) is 3.79. The zero-order valence-electron chi connectivity index (χ0n) is 10.7. The highest BCUT2D eigenvalue weighted by molar-refractivity contribution is 5.84. The van der Waals surface area contributed by atoms with Crippen LogP contribution in [0.3, 0.4) is 0 Å². The number of furan rings is 1. The van der Waals surface area contributed by atoms with Crippen LogP contribution in [0.2, 0.25) is 0 Å². The number of hydrogen-bond acceptors (Lipinski definition) is 4. The first-order chi connectivity index (χ1) is 9.63. The second-order valence-corrected chi connectivity index (χ2v) is 4.35. The average molecular weight is 272 g/mol. The van der Waals surface area contributed by atoms with Crippen molar-refractivity contribution in [3.8, 4) is 5.75 Å². The summed E-state index contributed by atoms with van der Waals surface area (Å²) in [7, 11) is 0. The summed E-state index contributed by atoms with van der Waals surface area (Å²) in [6.45, 7) is 2.06. The van der Waals surface area contributed by atoms with Crippen molar-refractivity contribution in [3.05, 3.63) is 53.9 Å². The van der Waals surface area contributed by atoms with Gasteiger partial charge in [0.1, 0.15) is 12.4 Å². The summed E-state index contributed by atoms with van der Waals surface area (Å²) >= 11 is 0. The molecule has 3 heterocycles. The summed E-state index contributed by atoms with van der Waals surface area (Å²) in [5.74, 6) is -0.123. The summed E-state index contributed by atoms with van der Waals surface area (Å²) < 4.78 is 12.6. The summed E-state index contributed by atoms with van der Waals surface area (Å²) in [4.78, 5) is 15.1. The normalized spacial score (nSPS) is 10.8. The van der Waals surface area contributed by atoms with Crippen LogP contribution in [-0.2, 0) is 6.61 Å². The average Bonchev–Trinajstić information content (AvgIpc) is 3.01. The number of carboxylic acid groups (broad SMARTS) is 1. The third kappa shape index (κ3) is 2.23. The molecule has 0 atom stereocenters. The molecule has 3 aromatic rings. The fourth-order valence-corrected chi connectivity index (χ4v) is 1.94. The van der Waals surface area contributed by atoms with Gasteiger partial charge in [0.2, 0.25) is 5.76 Å². The number of rotatable bonds is 4. The van der Waals surface area contributed by atoms with Crippen LogP contribution < -0.4 is 4.74 Å². The smallest absolute Gasteiger partial charge is 0.371 e. The van der Waals surface area contributed by atoms with Crippen molar-refractivity contribution < 1.29 is 19.1 Å². The highest BCUT2D eigenvalue weighted by atomic mass is 16.5. The van der Waals surface area contributed by atoms with Crippen molar-refractivity contribution in [2.24, 2.45) is 0 Å². The van der Waals surface area contributed by atoms with Gasteiger partial charge in [-0.1, -0.05) is 0 Å². The molecule has 0 amide bonds. The third-order valence-corrected chi connectivity index (χ3v) is 2.81. The lowest BCUT2D eigenvalue weighted by Crippen LogP contribution is -1.97. The highest BCUT2D eigenvalue weighted by Crippen LogP contribution is 2.20. The van der Waals surface area contributed by atoms with E-state index in [2.05, 4.69) is 4.98 Å². The lowest BCUT2D eigenvalue weighted by Gasteiger charge is -2.05. The number of carboxylic acids is 1. The molecule has 102 valence electrons. The van der Waals surface area contributed by atoms with E-state index >= 15 is 0 Å². The molecule has 0 fully saturated rings. The van der Waals surface area contributed by atoms with E-state index in [1.807, 2.05) is 35.9 Å². The SMILES string of the molecule is Cc1cn2cccc(OCc3ccc(C(=O)O)o3)c2n1. The van der Waals surface area contributed by atoms with Gasteiger partial charge in [-0.2, -0.15) is 0 Å². The minimum Gasteiger partial charge on any atom is -0.482 e. The predicted octanol–water partition coefficient (Wildman–Crippen LogP) is 2.51. The molecule has 0 aliphatic carbocycles. The standard InChI is InChI=1S/C14H12N2O4/c1-9-7-16-6-2-3-11(13(16)15-9)19-8-10-4-5-12(20-10)14(17)18/h2-7H,8H2,1H3,(H,17,18). The molecule has 20 heavy (non-hydrogen) atoms. The van der Waals surface area contributed by atoms with Gasteiger partial charge < -0.3 is 18.7 Å². The molecular weight excluding hydrogens is 260 g/mol. The summed E-state index contributed by atoms with van der Waals surface area (Å²) in [5.41, 5.74) is 1.61. The fraction of sp³-hybridized carbons (Fsp3) is 0.143. The minimum atomic E-state index is -1.10. The zero-order valence-corrected chi connectivity index (χ0v) is 10.7. The van der Waals surface area contributed by atoms with E-state index in [9.17, 15) is 4.79 Å². The van der Waals surface area contributed by atoms with Crippen LogP contribution in [0, 0.1) is 6.92 Å². The van der Waals surface area contributed by atoms with Crippen LogP contribution in [0.25, 0.3) is 5.65 Å². The molecule has 0 unspecified atom stereocenters. The maximum absolute atomic E-state index is 10.7. The largest absolute Gasteiger partial charge is 0.482 e. The van der Waals surface area contributed by atoms with Gasteiger partial charge in [-0.05, 0) is 31.2 Å². The van der Waals surface area contributed by atoms with Crippen LogP contribution in [0.1, 0.15) is 22.0 Å². The third-order valence-electron chi connectivity index (χ3n) is 2.81. The molecule has 1 N–H and O–H groups in total. The minimum absolute atomic E-state index is 0.0986. The van der Waals surface area contributed by atoms with Crippen LogP contribution in [0.15, 0.2) is 41.1 Å². The Labute approximate surface area is 114 Å². The summed E-state index contributed by atoms with van der Waals surface area (Å²) in [5, 5.41) is 8.78. The van der Waals surface area contributed by atoms with Crippen molar-refractivity contribution in [1.29, 1.82) is 0 Å². The number of imidazole rings is 1. The molecule has 0 bridgehead atoms. The van der Waals surface area contributed by atoms with Gasteiger partial charge in [0.15, 0.2) is 11.4 Å². The van der Waals surface area contributed by atoms with Crippen LogP contribution in [0.5, 0.6) is 5.75 Å². The van der Waals surface area contributed by atoms with Gasteiger partial charge in [0, 0.05) is 12.4 Å². The lowest BCUT2D eigenvalue weighted by molar-refractivity contribution is 0.0658. The Hall–Kier alpha value is -2.76. The number of aryl methyl sites for hydroxylation is 1. The van der Waals surface area contributed by atoms with Crippen LogP contribution in [0.4, 0.5) is 0 Å². The first kappa shape index (κ1) is 12.3. The zero-order chi connectivity index (χ0) is 14.1. The number of pyridine rings is 1. The molecular formula is C14H12N2O4. The quantitative estimate of drug-likeness (QED) is 0.789. The molecule has 3 aromatic heterocycles. The highest BCUT2D eigenvalue weighted by Gasteiger charge is 2.10. The summed E-state index contributed by atoms with van der Waals surface area (Å²) in [6, 6.07) is 6.65. The number of fused-ring (bicyclic) bond motifs is 1. The first-order valence-corrected chi connectivity index (χ1v) is 6.02. The molecule has 0 saturated carbocycles. The predicted molar refractivity (Wildman–Crippen MR) is 69.9 cm³/mol. The lowest BCUT2D eigenvalue weighted by atomic mass is 10.4.